The molecule has 1 aliphatic rings. The highest BCUT2D eigenvalue weighted by atomic mass is 19.4. The summed E-state index contributed by atoms with van der Waals surface area (Å²) in [5.41, 5.74) is -0.639. The summed E-state index contributed by atoms with van der Waals surface area (Å²) < 4.78 is 46.3. The van der Waals surface area contributed by atoms with Crippen LogP contribution in [-0.4, -0.2) is 31.3 Å². The van der Waals surface area contributed by atoms with E-state index in [0.29, 0.717) is 5.46 Å². The van der Waals surface area contributed by atoms with Crippen LogP contribution in [0.4, 0.5) is 24.5 Å². The standard InChI is InChI=1S/C20H21BF3N3O3/c1-5-25-27(4)13-7-8-14(16(11-13)20(22,23)24)18(28)26-12-6-9-15-17(10-12)21(29)30-19(15,2)3/h5-11,29H,1-4H3,(H,26,28). The molecule has 1 amide bonds. The molecule has 0 aromatic heterocycles. The van der Waals surface area contributed by atoms with Gasteiger partial charge in [-0.1, -0.05) is 6.07 Å². The van der Waals surface area contributed by atoms with Crippen LogP contribution < -0.4 is 15.8 Å². The number of anilines is 2. The Morgan fingerprint density at radius 1 is 1.27 bits per heavy atom. The lowest BCUT2D eigenvalue weighted by Gasteiger charge is -2.20. The van der Waals surface area contributed by atoms with E-state index in [0.717, 1.165) is 17.7 Å². The van der Waals surface area contributed by atoms with Gasteiger partial charge in [0.25, 0.3) is 5.91 Å². The summed E-state index contributed by atoms with van der Waals surface area (Å²) >= 11 is 0. The zero-order valence-electron chi connectivity index (χ0n) is 16.9. The van der Waals surface area contributed by atoms with Crippen molar-refractivity contribution in [1.29, 1.82) is 0 Å². The number of nitrogens with zero attached hydrogens (tertiary/aromatic N) is 2. The van der Waals surface area contributed by atoms with Crippen LogP contribution in [0.2, 0.25) is 0 Å². The Bertz CT molecular complexity index is 1010. The van der Waals surface area contributed by atoms with Crippen molar-refractivity contribution in [2.75, 3.05) is 17.4 Å². The van der Waals surface area contributed by atoms with Gasteiger partial charge in [-0.15, -0.1) is 0 Å². The molecule has 2 N–H and O–H groups in total. The van der Waals surface area contributed by atoms with E-state index >= 15 is 0 Å². The lowest BCUT2D eigenvalue weighted by atomic mass is 9.78. The largest absolute Gasteiger partial charge is 0.492 e. The zero-order valence-corrected chi connectivity index (χ0v) is 16.9. The van der Waals surface area contributed by atoms with Crippen LogP contribution in [0, 0.1) is 0 Å². The Morgan fingerprint density at radius 3 is 2.60 bits per heavy atom. The van der Waals surface area contributed by atoms with E-state index in [4.69, 9.17) is 4.65 Å². The van der Waals surface area contributed by atoms with Crippen LogP contribution in [0.1, 0.15) is 42.3 Å². The summed E-state index contributed by atoms with van der Waals surface area (Å²) in [5, 5.41) is 17.7. The van der Waals surface area contributed by atoms with Crippen LogP contribution in [0.25, 0.3) is 0 Å². The molecule has 6 nitrogen and oxygen atoms in total. The SMILES string of the molecule is CC=NN(C)c1ccc(C(=O)Nc2ccc3c(c2)B(O)OC3(C)C)c(C(F)(F)F)c1. The second-order valence-electron chi connectivity index (χ2n) is 7.36. The summed E-state index contributed by atoms with van der Waals surface area (Å²) in [4.78, 5) is 12.6. The molecule has 0 atom stereocenters. The monoisotopic (exact) mass is 419 g/mol. The lowest BCUT2D eigenvalue weighted by molar-refractivity contribution is -0.137. The summed E-state index contributed by atoms with van der Waals surface area (Å²) in [6.07, 6.45) is -3.29. The molecule has 2 aromatic carbocycles. The second-order valence-corrected chi connectivity index (χ2v) is 7.36. The predicted molar refractivity (Wildman–Crippen MR) is 110 cm³/mol. The number of benzene rings is 2. The van der Waals surface area contributed by atoms with E-state index in [2.05, 4.69) is 10.4 Å². The first-order valence-corrected chi connectivity index (χ1v) is 9.19. The van der Waals surface area contributed by atoms with Crippen molar-refractivity contribution in [3.63, 3.8) is 0 Å². The minimum absolute atomic E-state index is 0.192. The van der Waals surface area contributed by atoms with Crippen LogP contribution in [0.5, 0.6) is 0 Å². The van der Waals surface area contributed by atoms with E-state index < -0.39 is 35.9 Å². The lowest BCUT2D eigenvalue weighted by Crippen LogP contribution is -2.29. The van der Waals surface area contributed by atoms with Crippen molar-refractivity contribution >= 4 is 36.1 Å². The third kappa shape index (κ3) is 4.19. The maximum Gasteiger partial charge on any atom is 0.492 e. The number of fused-ring (bicyclic) bond motifs is 1. The molecule has 0 fully saturated rings. The quantitative estimate of drug-likeness (QED) is 0.453. The molecule has 0 spiro atoms. The van der Waals surface area contributed by atoms with Gasteiger partial charge in [-0.05, 0) is 62.1 Å². The van der Waals surface area contributed by atoms with Crippen molar-refractivity contribution in [2.24, 2.45) is 5.10 Å². The van der Waals surface area contributed by atoms with E-state index in [1.807, 2.05) is 0 Å². The molecule has 0 bridgehead atoms. The minimum atomic E-state index is -4.73. The molecule has 30 heavy (non-hydrogen) atoms. The average molecular weight is 419 g/mol. The second kappa shape index (κ2) is 7.77. The Morgan fingerprint density at radius 2 is 1.97 bits per heavy atom. The Hall–Kier alpha value is -2.85. The normalized spacial score (nSPS) is 15.4. The van der Waals surface area contributed by atoms with Gasteiger partial charge in [-0.2, -0.15) is 18.3 Å². The summed E-state index contributed by atoms with van der Waals surface area (Å²) in [5.74, 6) is -0.914. The molecular weight excluding hydrogens is 398 g/mol. The Labute approximate surface area is 172 Å². The molecule has 0 saturated heterocycles. The van der Waals surface area contributed by atoms with Crippen molar-refractivity contribution in [3.8, 4) is 0 Å². The number of carbonyl (C=O) groups is 1. The van der Waals surface area contributed by atoms with Crippen molar-refractivity contribution in [1.82, 2.24) is 0 Å². The van der Waals surface area contributed by atoms with E-state index in [1.54, 1.807) is 32.9 Å². The minimum Gasteiger partial charge on any atom is -0.423 e. The van der Waals surface area contributed by atoms with Crippen LogP contribution in [-0.2, 0) is 16.4 Å². The topological polar surface area (TPSA) is 74.2 Å². The fourth-order valence-corrected chi connectivity index (χ4v) is 3.40. The fourth-order valence-electron chi connectivity index (χ4n) is 3.40. The zero-order chi connectivity index (χ0) is 22.3. The van der Waals surface area contributed by atoms with Gasteiger partial charge in [0, 0.05) is 18.9 Å². The number of amides is 1. The highest BCUT2D eigenvalue weighted by Gasteiger charge is 2.41. The van der Waals surface area contributed by atoms with Crippen molar-refractivity contribution < 1.29 is 27.6 Å². The van der Waals surface area contributed by atoms with Gasteiger partial charge >= 0.3 is 13.3 Å². The number of carbonyl (C=O) groups excluding carboxylic acids is 1. The Balaban J connectivity index is 1.93. The van der Waals surface area contributed by atoms with E-state index in [1.165, 1.54) is 30.4 Å². The molecule has 0 unspecified atom stereocenters. The first-order chi connectivity index (χ1) is 13.9. The van der Waals surface area contributed by atoms with Crippen molar-refractivity contribution in [2.45, 2.75) is 32.5 Å². The van der Waals surface area contributed by atoms with Gasteiger partial charge in [-0.3, -0.25) is 9.80 Å². The molecule has 0 aliphatic carbocycles. The molecule has 2 aromatic rings. The fraction of sp³-hybridized carbons (Fsp3) is 0.300. The number of alkyl halides is 3. The molecule has 3 rings (SSSR count). The van der Waals surface area contributed by atoms with Gasteiger partial charge < -0.3 is 15.0 Å². The molecular formula is C20H21BF3N3O3. The van der Waals surface area contributed by atoms with E-state index in [-0.39, 0.29) is 11.4 Å². The smallest absolute Gasteiger partial charge is 0.423 e. The van der Waals surface area contributed by atoms with Crippen molar-refractivity contribution in [3.05, 3.63) is 53.1 Å². The van der Waals surface area contributed by atoms with Gasteiger partial charge in [0.2, 0.25) is 0 Å². The van der Waals surface area contributed by atoms with Gasteiger partial charge in [0.1, 0.15) is 0 Å². The number of hydrogen-bond acceptors (Lipinski definition) is 5. The maximum absolute atomic E-state index is 13.6. The third-order valence-corrected chi connectivity index (χ3v) is 4.85. The number of hydrogen-bond donors (Lipinski definition) is 2. The summed E-state index contributed by atoms with van der Waals surface area (Å²) in [6.45, 7) is 5.22. The van der Waals surface area contributed by atoms with Gasteiger partial charge in [-0.25, -0.2) is 0 Å². The van der Waals surface area contributed by atoms with Crippen LogP contribution in [0.15, 0.2) is 41.5 Å². The number of nitrogens with one attached hydrogen (secondary N) is 1. The number of rotatable bonds is 4. The third-order valence-electron chi connectivity index (χ3n) is 4.85. The highest BCUT2D eigenvalue weighted by Crippen LogP contribution is 2.35. The summed E-state index contributed by atoms with van der Waals surface area (Å²) in [7, 11) is 0.334. The molecule has 10 heteroatoms. The van der Waals surface area contributed by atoms with Gasteiger partial charge in [0.05, 0.1) is 22.4 Å². The predicted octanol–water partition coefficient (Wildman–Crippen LogP) is 3.35. The first-order valence-electron chi connectivity index (χ1n) is 9.19. The number of halogens is 3. The van der Waals surface area contributed by atoms with Gasteiger partial charge in [0.15, 0.2) is 0 Å². The molecule has 1 heterocycles. The molecule has 0 saturated carbocycles. The molecule has 158 valence electrons. The first kappa shape index (κ1) is 21.9. The molecule has 0 radical (unpaired) electrons. The number of hydrazone groups is 1. The maximum atomic E-state index is 13.6. The highest BCUT2D eigenvalue weighted by molar-refractivity contribution is 6.62. The van der Waals surface area contributed by atoms with Crippen LogP contribution >= 0.6 is 0 Å². The summed E-state index contributed by atoms with van der Waals surface area (Å²) in [6, 6.07) is 8.12. The Kier molecular flexibility index (Phi) is 5.66. The average Bonchev–Trinajstić information content (AvgIpc) is 2.89. The van der Waals surface area contributed by atoms with Crippen LogP contribution in [0.3, 0.4) is 0 Å². The molecule has 1 aliphatic heterocycles. The van der Waals surface area contributed by atoms with E-state index in [9.17, 15) is 23.0 Å².